The molecule has 0 unspecified atom stereocenters. The number of aromatic carboxylic acids is 3. The van der Waals surface area contributed by atoms with Gasteiger partial charge in [-0.05, 0) is 207 Å². The lowest BCUT2D eigenvalue weighted by Crippen LogP contribution is -1.95. The van der Waals surface area contributed by atoms with E-state index in [0.717, 1.165) is 29.5 Å². The Bertz CT molecular complexity index is 5840. The number of methoxy groups -OCH3 is 2. The third kappa shape index (κ3) is 45.7. The van der Waals surface area contributed by atoms with Gasteiger partial charge in [-0.2, -0.15) is 0 Å². The van der Waals surface area contributed by atoms with Crippen LogP contribution >= 0.6 is 11.6 Å². The zero-order valence-electron chi connectivity index (χ0n) is 66.7. The molecule has 0 atom stereocenters. The number of aliphatic hydroxyl groups is 1. The van der Waals surface area contributed by atoms with E-state index < -0.39 is 32.7 Å². The molecule has 0 saturated carbocycles. The highest BCUT2D eigenvalue weighted by molar-refractivity contribution is 6.30. The number of phenolic OH excluding ortho intramolecular Hbond substituents is 1. The smallest absolute Gasteiger partial charge is 0.339 e. The first-order valence-corrected chi connectivity index (χ1v) is 34.9. The summed E-state index contributed by atoms with van der Waals surface area (Å²) in [5.41, 5.74) is 94.4. The number of rotatable bonds is 22. The summed E-state index contributed by atoms with van der Waals surface area (Å²) in [5.74, 6) is -2.61. The first kappa shape index (κ1) is 108. The fourth-order valence-corrected chi connectivity index (χ4v) is 8.31. The Balaban J connectivity index is 0.000000716. The van der Waals surface area contributed by atoms with E-state index in [0.29, 0.717) is 62.5 Å². The molecule has 0 aromatic heterocycles. The number of benzene rings is 11. The molecule has 0 fully saturated rings. The summed E-state index contributed by atoms with van der Waals surface area (Å²) >= 11 is 5.58. The largest absolute Gasteiger partial charge is 0.508 e. The normalized spacial score (nSPS) is 8.72. The number of ether oxygens (including phenoxy) is 2. The number of carboxylic acids is 3. The van der Waals surface area contributed by atoms with Gasteiger partial charge in [0.2, 0.25) is 0 Å². The van der Waals surface area contributed by atoms with Crippen LogP contribution in [0.5, 0.6) is 23.0 Å². The van der Waals surface area contributed by atoms with Crippen LogP contribution in [0.2, 0.25) is 5.02 Å². The number of halogens is 1. The van der Waals surface area contributed by atoms with Gasteiger partial charge in [0, 0.05) is 164 Å². The number of nitro benzene ring substituents is 3. The molecule has 0 aliphatic rings. The molecular formula is C75H61ClN36O18. The van der Waals surface area contributed by atoms with Gasteiger partial charge in [-0.3, -0.25) is 35.1 Å². The number of carbonyl (C=O) groups excluding carboxylic acids is 1. The molecule has 656 valence electrons. The molecule has 0 heterocycles. The Hall–Kier alpha value is -20.4. The third-order valence-electron chi connectivity index (χ3n) is 14.0. The lowest BCUT2D eigenvalue weighted by molar-refractivity contribution is -0.385. The number of hydrogen-bond acceptors (Lipinski definition) is 26. The van der Waals surface area contributed by atoms with Crippen molar-refractivity contribution in [3.8, 4) is 23.0 Å². The molecule has 11 aromatic rings. The standard InChI is InChI=1S/C8H7N3O.C8H9N3O.C7H6N4O3.C7H5N3O3.2C7H5N3O2.C7H7N3O.C6H4ClN3.2C6H4N4O2.C6H5N3O/c1-6(12)7-2-4-8(5-3-7)10-11-9;9-11-10-8-3-1-7(2-4-8)5-6-12;1-14-7-3-2-5(9-10-8)4-6(7)11(12)13;8-10-9-4-1-2-6(11)5(3-4)7(12)13;8-10-9-6-3-1-5(2-4-6)7(11)12;8-10-9-6-3-1-2-5(4-6)7(11)12;1-11-7-4-2-6(3-5-7)9-10-8;7-5-1-3-6(4-2-5)9-10-8;7-9-8-5-1-3-6(4-2-5)10(11)12;7-9-8-5-2-1-3-6(4-5)10(11)12;7-9-8-5-1-3-6(10)4-2-5/h2-5H,1H3;1-4,12H,5-6H2;2-4H,1H3;1-3,11H,(H,12,13);2*1-4H,(H,11,12);2-5H,1H3;1-4H;2*1-4H;1-4,10H. The van der Waals surface area contributed by atoms with E-state index in [1.54, 1.807) is 92.0 Å². The third-order valence-corrected chi connectivity index (χ3v) is 14.3. The van der Waals surface area contributed by atoms with E-state index in [9.17, 15) is 49.5 Å². The number of Topliss-reactive ketones (excluding diaryl/α,β-unsaturated/α-hetero) is 1. The highest BCUT2D eigenvalue weighted by Gasteiger charge is 2.15. The molecule has 130 heavy (non-hydrogen) atoms. The summed E-state index contributed by atoms with van der Waals surface area (Å²) in [7, 11) is 2.91. The summed E-state index contributed by atoms with van der Waals surface area (Å²) in [4.78, 5) is 99.6. The second-order valence-electron chi connectivity index (χ2n) is 22.4. The summed E-state index contributed by atoms with van der Waals surface area (Å²) in [6.45, 7) is 1.63. The number of phenols is 2. The predicted molar refractivity (Wildman–Crippen MR) is 471 cm³/mol. The van der Waals surface area contributed by atoms with E-state index in [2.05, 4.69) is 110 Å². The van der Waals surface area contributed by atoms with Crippen molar-refractivity contribution >= 4 is 115 Å². The lowest BCUT2D eigenvalue weighted by atomic mass is 10.1. The number of aliphatic hydroxyl groups excluding tert-OH is 1. The first-order chi connectivity index (χ1) is 62.4. The Labute approximate surface area is 732 Å². The van der Waals surface area contributed by atoms with E-state index in [1.807, 2.05) is 12.1 Å². The van der Waals surface area contributed by atoms with Crippen molar-refractivity contribution in [3.05, 3.63) is 433 Å². The molecule has 55 heteroatoms. The van der Waals surface area contributed by atoms with Crippen LogP contribution < -0.4 is 9.47 Å². The molecule has 0 saturated heterocycles. The number of aromatic hydroxyl groups is 2. The van der Waals surface area contributed by atoms with Crippen LogP contribution in [-0.4, -0.2) is 89.9 Å². The highest BCUT2D eigenvalue weighted by atomic mass is 35.5. The maximum atomic E-state index is 10.8. The number of hydrogen-bond donors (Lipinski definition) is 6. The van der Waals surface area contributed by atoms with Gasteiger partial charge in [0.1, 0.15) is 22.8 Å². The SMILES string of the molecule is CC(=O)c1ccc(N=[N+]=[N-])cc1.COc1ccc(N=[N+]=[N-])cc1.COc1ccc(N=[N+]=[N-])cc1[N+](=O)[O-].[N-]=[N+]=Nc1ccc(C(=O)O)cc1.[N-]=[N+]=Nc1ccc(CCO)cc1.[N-]=[N+]=Nc1ccc(Cl)cc1.[N-]=[N+]=Nc1ccc(O)c(C(=O)O)c1.[N-]=[N+]=Nc1ccc(O)cc1.[N-]=[N+]=Nc1ccc([N+](=O)[O-])cc1.[N-]=[N+]=Nc1cccc(C(=O)O)c1.[N-]=[N+]=Nc1cccc([N+](=O)[O-])c1. The Morgan fingerprint density at radius 1 is 0.354 bits per heavy atom. The van der Waals surface area contributed by atoms with Gasteiger partial charge < -0.3 is 40.1 Å². The minimum atomic E-state index is -1.27. The van der Waals surface area contributed by atoms with Crippen molar-refractivity contribution in [2.45, 2.75) is 13.3 Å². The van der Waals surface area contributed by atoms with Crippen LogP contribution in [0.4, 0.5) is 79.6 Å². The average Bonchev–Trinajstić information content (AvgIpc) is 0.847. The molecule has 0 aliphatic heterocycles. The van der Waals surface area contributed by atoms with Crippen LogP contribution in [0.25, 0.3) is 115 Å². The highest BCUT2D eigenvalue weighted by Crippen LogP contribution is 2.32. The van der Waals surface area contributed by atoms with Crippen LogP contribution in [0, 0.1) is 30.3 Å². The summed E-state index contributed by atoms with van der Waals surface area (Å²) in [6, 6.07) is 62.9. The maximum Gasteiger partial charge on any atom is 0.339 e. The lowest BCUT2D eigenvalue weighted by Gasteiger charge is -2.00. The number of nitrogens with zero attached hydrogens (tertiary/aromatic N) is 36. The number of azide groups is 11. The van der Waals surface area contributed by atoms with Gasteiger partial charge in [0.15, 0.2) is 11.5 Å². The van der Waals surface area contributed by atoms with Gasteiger partial charge in [-0.25, -0.2) is 14.4 Å². The van der Waals surface area contributed by atoms with Gasteiger partial charge in [-0.1, -0.05) is 165 Å². The molecule has 54 nitrogen and oxygen atoms in total. The molecule has 11 aromatic carbocycles. The zero-order chi connectivity index (χ0) is 97.0. The van der Waals surface area contributed by atoms with E-state index >= 15 is 0 Å². The van der Waals surface area contributed by atoms with E-state index in [-0.39, 0.29) is 80.5 Å². The van der Waals surface area contributed by atoms with Gasteiger partial charge in [0.05, 0.1) is 40.1 Å². The van der Waals surface area contributed by atoms with Crippen LogP contribution in [0.15, 0.2) is 311 Å². The maximum absolute atomic E-state index is 10.8. The molecule has 0 aliphatic carbocycles. The van der Waals surface area contributed by atoms with Gasteiger partial charge in [-0.15, -0.1) is 0 Å². The van der Waals surface area contributed by atoms with Gasteiger partial charge >= 0.3 is 23.6 Å². The average molecular weight is 1790 g/mol. The Morgan fingerprint density at radius 2 is 0.685 bits per heavy atom. The fraction of sp³-hybridized carbons (Fsp3) is 0.0667. The topological polar surface area (TPSA) is 874 Å². The molecule has 0 spiro atoms. The second kappa shape index (κ2) is 63.6. The van der Waals surface area contributed by atoms with Crippen LogP contribution in [0.1, 0.15) is 53.9 Å². The molecule has 0 amide bonds. The molecule has 0 bridgehead atoms. The molecule has 6 N–H and O–H groups in total. The van der Waals surface area contributed by atoms with E-state index in [4.69, 9.17) is 113 Å². The number of carboxylic acid groups (broad SMARTS) is 3. The van der Waals surface area contributed by atoms with Crippen molar-refractivity contribution in [1.29, 1.82) is 0 Å². The van der Waals surface area contributed by atoms with Crippen molar-refractivity contribution in [3.63, 3.8) is 0 Å². The molecular weight excluding hydrogens is 1730 g/mol. The van der Waals surface area contributed by atoms with Crippen molar-refractivity contribution in [2.75, 3.05) is 20.8 Å². The minimum Gasteiger partial charge on any atom is -0.508 e. The summed E-state index contributed by atoms with van der Waals surface area (Å²) in [5, 5.41) is 120. The predicted octanol–water partition coefficient (Wildman–Crippen LogP) is 27.6. The quantitative estimate of drug-likeness (QED) is 0.00916. The summed E-state index contributed by atoms with van der Waals surface area (Å²) in [6.07, 6.45) is 0.635. The Morgan fingerprint density at radius 3 is 1.05 bits per heavy atom. The van der Waals surface area contributed by atoms with Crippen molar-refractivity contribution < 1.29 is 74.1 Å². The van der Waals surface area contributed by atoms with Crippen LogP contribution in [0.3, 0.4) is 0 Å². The van der Waals surface area contributed by atoms with Crippen LogP contribution in [-0.2, 0) is 6.42 Å². The molecule has 0 radical (unpaired) electrons. The van der Waals surface area contributed by atoms with Gasteiger partial charge in [0.25, 0.3) is 11.4 Å². The Kier molecular flexibility index (Phi) is 52.6. The summed E-state index contributed by atoms with van der Waals surface area (Å²) < 4.78 is 9.68. The number of non-ortho nitro benzene ring substituents is 2. The first-order valence-electron chi connectivity index (χ1n) is 34.5. The monoisotopic (exact) mass is 1790 g/mol. The van der Waals surface area contributed by atoms with E-state index in [1.165, 1.54) is 154 Å². The molecule has 11 rings (SSSR count). The number of carbonyl (C=O) groups is 4. The van der Waals surface area contributed by atoms with Crippen molar-refractivity contribution in [1.82, 2.24) is 0 Å². The second-order valence-corrected chi connectivity index (χ2v) is 22.8. The zero-order valence-corrected chi connectivity index (χ0v) is 67.5. The fourth-order valence-electron chi connectivity index (χ4n) is 8.19. The number of nitro groups is 3. The number of ketones is 1. The van der Waals surface area contributed by atoms with Crippen molar-refractivity contribution in [2.24, 2.45) is 56.3 Å². The minimum absolute atomic E-state index is 0.00230.